The molecule has 0 fully saturated rings. The van der Waals surface area contributed by atoms with Crippen molar-refractivity contribution in [3.63, 3.8) is 0 Å². The molecule has 0 aliphatic rings. The Morgan fingerprint density at radius 2 is 1.94 bits per heavy atom. The molecule has 0 aliphatic heterocycles. The van der Waals surface area contributed by atoms with E-state index in [0.717, 1.165) is 32.7 Å². The van der Waals surface area contributed by atoms with Gasteiger partial charge in [0.2, 0.25) is 0 Å². The summed E-state index contributed by atoms with van der Waals surface area (Å²) in [4.78, 5) is 0. The largest absolute Gasteiger partial charge is 0.333 e. The van der Waals surface area contributed by atoms with Crippen LogP contribution < -0.4 is 0 Å². The Kier molecular flexibility index (Phi) is 3.73. The lowest BCUT2D eigenvalue weighted by molar-refractivity contribution is 0.646. The number of aryl methyl sites for hydroxylation is 3. The molecule has 96 valence electrons. The first-order valence-corrected chi connectivity index (χ1v) is 7.06. The molecule has 18 heavy (non-hydrogen) atoms. The van der Waals surface area contributed by atoms with Gasteiger partial charge in [0.15, 0.2) is 0 Å². The van der Waals surface area contributed by atoms with E-state index < -0.39 is 0 Å². The first kappa shape index (κ1) is 13.5. The summed E-state index contributed by atoms with van der Waals surface area (Å²) in [7, 11) is 2.00. The van der Waals surface area contributed by atoms with Crippen molar-refractivity contribution in [3.8, 4) is 11.4 Å². The van der Waals surface area contributed by atoms with Crippen LogP contribution >= 0.6 is 28.1 Å². The summed E-state index contributed by atoms with van der Waals surface area (Å²) in [5.41, 5.74) is 4.35. The van der Waals surface area contributed by atoms with Crippen LogP contribution in [0.1, 0.15) is 18.1 Å². The Balaban J connectivity index is 2.71. The molecule has 0 N–H and O–H groups in total. The minimum absolute atomic E-state index is 0.843. The van der Waals surface area contributed by atoms with Crippen LogP contribution in [0.15, 0.2) is 16.7 Å². The van der Waals surface area contributed by atoms with Crippen molar-refractivity contribution in [2.24, 2.45) is 7.05 Å². The van der Waals surface area contributed by atoms with Gasteiger partial charge >= 0.3 is 0 Å². The molecule has 2 heterocycles. The molecule has 0 amide bonds. The molecule has 2 aromatic heterocycles. The minimum Gasteiger partial charge on any atom is -0.333 e. The zero-order chi connectivity index (χ0) is 13.4. The molecule has 0 spiro atoms. The summed E-state index contributed by atoms with van der Waals surface area (Å²) in [5, 5.41) is 4.59. The molecule has 2 aromatic rings. The molecular formula is C13H16BrN3S. The van der Waals surface area contributed by atoms with E-state index in [4.69, 9.17) is 12.2 Å². The Morgan fingerprint density at radius 3 is 2.50 bits per heavy atom. The van der Waals surface area contributed by atoms with Crippen molar-refractivity contribution in [2.75, 3.05) is 0 Å². The number of pyridine rings is 1. The first-order valence-electron chi connectivity index (χ1n) is 5.86. The average Bonchev–Trinajstić information content (AvgIpc) is 2.67. The predicted molar refractivity (Wildman–Crippen MR) is 80.3 cm³/mol. The highest BCUT2D eigenvalue weighted by Crippen LogP contribution is 2.26. The van der Waals surface area contributed by atoms with E-state index in [2.05, 4.69) is 40.9 Å². The summed E-state index contributed by atoms with van der Waals surface area (Å²) >= 11 is 8.95. The smallest absolute Gasteiger partial charge is 0.110 e. The van der Waals surface area contributed by atoms with Crippen LogP contribution in [0.4, 0.5) is 0 Å². The van der Waals surface area contributed by atoms with E-state index in [1.807, 2.05) is 29.3 Å². The highest BCUT2D eigenvalue weighted by atomic mass is 79.9. The maximum atomic E-state index is 5.43. The number of hydrogen-bond donors (Lipinski definition) is 0. The number of aromatic nitrogens is 3. The van der Waals surface area contributed by atoms with E-state index in [0.29, 0.717) is 0 Å². The van der Waals surface area contributed by atoms with E-state index in [-0.39, 0.29) is 0 Å². The van der Waals surface area contributed by atoms with Crippen molar-refractivity contribution >= 4 is 28.1 Å². The van der Waals surface area contributed by atoms with Gasteiger partial charge in [-0.05, 0) is 47.8 Å². The molecule has 3 nitrogen and oxygen atoms in total. The molecule has 0 unspecified atom stereocenters. The lowest BCUT2D eigenvalue weighted by Crippen LogP contribution is -2.04. The normalized spacial score (nSPS) is 10.9. The van der Waals surface area contributed by atoms with Gasteiger partial charge in [0.25, 0.3) is 0 Å². The van der Waals surface area contributed by atoms with Crippen LogP contribution in [0.3, 0.4) is 0 Å². The topological polar surface area (TPSA) is 22.8 Å². The van der Waals surface area contributed by atoms with Crippen LogP contribution in [0.25, 0.3) is 11.4 Å². The number of nitrogens with zero attached hydrogens (tertiary/aromatic N) is 3. The SMILES string of the molecule is CCn1nc(-c2c(C)cc(C)c(=S)n2C)cc1Br. The van der Waals surface area contributed by atoms with Gasteiger partial charge in [-0.2, -0.15) is 5.10 Å². The van der Waals surface area contributed by atoms with E-state index in [1.54, 1.807) is 0 Å². The molecule has 0 saturated carbocycles. The Bertz CT molecular complexity index is 655. The third-order valence-electron chi connectivity index (χ3n) is 3.06. The second-order valence-electron chi connectivity index (χ2n) is 4.39. The predicted octanol–water partition coefficient (Wildman–Crippen LogP) is 4.02. The summed E-state index contributed by atoms with van der Waals surface area (Å²) in [6.07, 6.45) is 0. The van der Waals surface area contributed by atoms with Gasteiger partial charge in [-0.1, -0.05) is 18.3 Å². The van der Waals surface area contributed by atoms with Crippen molar-refractivity contribution in [1.82, 2.24) is 14.3 Å². The first-order chi connectivity index (χ1) is 8.45. The van der Waals surface area contributed by atoms with E-state index >= 15 is 0 Å². The van der Waals surface area contributed by atoms with Crippen LogP contribution in [0.5, 0.6) is 0 Å². The molecular weight excluding hydrogens is 310 g/mol. The van der Waals surface area contributed by atoms with Gasteiger partial charge < -0.3 is 4.57 Å². The lowest BCUT2D eigenvalue weighted by Gasteiger charge is -2.12. The summed E-state index contributed by atoms with van der Waals surface area (Å²) in [6.45, 7) is 7.05. The van der Waals surface area contributed by atoms with Crippen LogP contribution in [0, 0.1) is 18.5 Å². The van der Waals surface area contributed by atoms with Crippen LogP contribution in [-0.4, -0.2) is 14.3 Å². The molecule has 0 aromatic carbocycles. The fourth-order valence-electron chi connectivity index (χ4n) is 2.19. The third-order valence-corrected chi connectivity index (χ3v) is 4.29. The molecule has 2 rings (SSSR count). The summed E-state index contributed by atoms with van der Waals surface area (Å²) in [6, 6.07) is 4.16. The van der Waals surface area contributed by atoms with Gasteiger partial charge in [0.05, 0.1) is 5.69 Å². The van der Waals surface area contributed by atoms with Gasteiger partial charge in [-0.3, -0.25) is 4.68 Å². The number of hydrogen-bond acceptors (Lipinski definition) is 2. The second-order valence-corrected chi connectivity index (χ2v) is 5.59. The molecule has 0 saturated heterocycles. The lowest BCUT2D eigenvalue weighted by atomic mass is 10.1. The zero-order valence-corrected chi connectivity index (χ0v) is 13.4. The summed E-state index contributed by atoms with van der Waals surface area (Å²) in [5.74, 6) is 0. The molecule has 0 atom stereocenters. The molecule has 5 heteroatoms. The Hall–Kier alpha value is -0.940. The maximum Gasteiger partial charge on any atom is 0.110 e. The highest BCUT2D eigenvalue weighted by molar-refractivity contribution is 9.10. The average molecular weight is 326 g/mol. The Labute approximate surface area is 121 Å². The fourth-order valence-corrected chi connectivity index (χ4v) is 2.89. The van der Waals surface area contributed by atoms with Crippen molar-refractivity contribution in [2.45, 2.75) is 27.3 Å². The van der Waals surface area contributed by atoms with Gasteiger partial charge in [-0.15, -0.1) is 0 Å². The highest BCUT2D eigenvalue weighted by Gasteiger charge is 2.12. The maximum absolute atomic E-state index is 5.43. The van der Waals surface area contributed by atoms with Gasteiger partial charge in [-0.25, -0.2) is 0 Å². The fraction of sp³-hybridized carbons (Fsp3) is 0.385. The Morgan fingerprint density at radius 1 is 1.28 bits per heavy atom. The van der Waals surface area contributed by atoms with Crippen molar-refractivity contribution in [3.05, 3.63) is 32.5 Å². The third kappa shape index (κ3) is 2.17. The second kappa shape index (κ2) is 4.97. The molecule has 0 aliphatic carbocycles. The van der Waals surface area contributed by atoms with E-state index in [1.165, 1.54) is 5.56 Å². The van der Waals surface area contributed by atoms with Crippen molar-refractivity contribution < 1.29 is 0 Å². The summed E-state index contributed by atoms with van der Waals surface area (Å²) < 4.78 is 5.82. The van der Waals surface area contributed by atoms with Crippen LogP contribution in [-0.2, 0) is 13.6 Å². The van der Waals surface area contributed by atoms with Crippen molar-refractivity contribution in [1.29, 1.82) is 0 Å². The van der Waals surface area contributed by atoms with Gasteiger partial charge in [0.1, 0.15) is 14.9 Å². The van der Waals surface area contributed by atoms with Crippen LogP contribution in [0.2, 0.25) is 0 Å². The van der Waals surface area contributed by atoms with Gasteiger partial charge in [0, 0.05) is 19.7 Å². The quantitative estimate of drug-likeness (QED) is 0.778. The number of rotatable bonds is 2. The number of halogens is 1. The zero-order valence-electron chi connectivity index (χ0n) is 11.0. The molecule has 0 bridgehead atoms. The standard InChI is InChI=1S/C13H16BrN3S/c1-5-17-11(14)7-10(15-17)12-8(2)6-9(3)13(18)16(12)4/h6-7H,5H2,1-4H3. The molecule has 0 radical (unpaired) electrons. The monoisotopic (exact) mass is 325 g/mol. The van der Waals surface area contributed by atoms with E-state index in [9.17, 15) is 0 Å². The minimum atomic E-state index is 0.843.